The van der Waals surface area contributed by atoms with E-state index in [4.69, 9.17) is 25.3 Å². The fourth-order valence-electron chi connectivity index (χ4n) is 1.82. The quantitative estimate of drug-likeness (QED) is 0.247. The molecule has 0 aliphatic rings. The van der Waals surface area contributed by atoms with Gasteiger partial charge in [-0.3, -0.25) is 13.9 Å². The first-order valence-electron chi connectivity index (χ1n) is 6.22. The number of aromatic hydroxyl groups is 1. The number of aliphatic hydroxyl groups is 1. The van der Waals surface area contributed by atoms with Crippen LogP contribution in [0.4, 0.5) is 0 Å². The summed E-state index contributed by atoms with van der Waals surface area (Å²) in [5.41, 5.74) is 5.38. The molecule has 10 nitrogen and oxygen atoms in total. The maximum atomic E-state index is 12.0. The Bertz CT molecular complexity index is 658. The van der Waals surface area contributed by atoms with E-state index in [1.165, 1.54) is 24.3 Å². The number of para-hydroxylation sites is 1. The fraction of sp³-hybridized carbons (Fsp3) is 0.364. The van der Waals surface area contributed by atoms with Gasteiger partial charge in [0.25, 0.3) is 5.08 Å². The number of ketones is 1. The molecule has 0 aliphatic heterocycles. The van der Waals surface area contributed by atoms with Gasteiger partial charge >= 0.3 is 15.2 Å². The van der Waals surface area contributed by atoms with E-state index in [0.717, 1.165) is 0 Å². The van der Waals surface area contributed by atoms with E-state index in [1.807, 2.05) is 0 Å². The monoisotopic (exact) mass is 369 g/mol. The summed E-state index contributed by atoms with van der Waals surface area (Å²) in [7, 11) is -11.2. The predicted octanol–water partition coefficient (Wildman–Crippen LogP) is -0.316. The molecule has 0 amide bonds. The maximum absolute atomic E-state index is 12.0. The Morgan fingerprint density at radius 1 is 1.13 bits per heavy atom. The smallest absolute Gasteiger partial charge is 0.369 e. The zero-order chi connectivity index (χ0) is 18.1. The van der Waals surface area contributed by atoms with E-state index >= 15 is 0 Å². The third-order valence-electron chi connectivity index (χ3n) is 3.23. The number of phenols is 1. The molecule has 1 atom stereocenters. The number of Topliss-reactive ketones (excluding diaryl/α,β-unsaturated/α-hetero) is 1. The minimum absolute atomic E-state index is 0.157. The number of benzene rings is 1. The molecule has 0 spiro atoms. The van der Waals surface area contributed by atoms with Crippen molar-refractivity contribution in [1.29, 1.82) is 0 Å². The number of nitrogens with two attached hydrogens (primary N) is 1. The molecule has 0 saturated heterocycles. The Balaban J connectivity index is 2.96. The number of phenolic OH excluding ortho intramolecular Hbond substituents is 1. The second-order valence-corrected chi connectivity index (χ2v) is 8.90. The summed E-state index contributed by atoms with van der Waals surface area (Å²) in [4.78, 5) is 48.0. The Labute approximate surface area is 130 Å². The van der Waals surface area contributed by atoms with Crippen LogP contribution in [-0.4, -0.2) is 46.7 Å². The highest BCUT2D eigenvalue weighted by Gasteiger charge is 2.59. The van der Waals surface area contributed by atoms with Gasteiger partial charge in [-0.1, -0.05) is 12.1 Å². The first-order valence-corrected chi connectivity index (χ1v) is 9.45. The van der Waals surface area contributed by atoms with Gasteiger partial charge in [0.2, 0.25) is 0 Å². The molecule has 0 aromatic heterocycles. The van der Waals surface area contributed by atoms with E-state index in [1.54, 1.807) is 0 Å². The van der Waals surface area contributed by atoms with Crippen molar-refractivity contribution in [2.24, 2.45) is 5.73 Å². The number of carbonyl (C=O) groups excluding carboxylic acids is 1. The first kappa shape index (κ1) is 20.0. The van der Waals surface area contributed by atoms with Crippen molar-refractivity contribution >= 4 is 21.0 Å². The second kappa shape index (κ2) is 6.80. The Morgan fingerprint density at radius 3 is 2.04 bits per heavy atom. The standard InChI is InChI=1S/C11H17NO9P2/c12-8(10(14)7-3-1-2-4-9(7)13)5-6-11(15,22(16,17)18)23(19,20)21/h1-4,8,13,15H,5-6,12H2,(H2,16,17,18)(H2,19,20,21). The van der Waals surface area contributed by atoms with E-state index < -0.39 is 44.9 Å². The first-order chi connectivity index (χ1) is 10.3. The largest absolute Gasteiger partial charge is 0.507 e. The molecule has 0 radical (unpaired) electrons. The van der Waals surface area contributed by atoms with Crippen molar-refractivity contribution in [2.45, 2.75) is 24.0 Å². The molecular weight excluding hydrogens is 352 g/mol. The lowest BCUT2D eigenvalue weighted by molar-refractivity contribution is 0.0919. The highest BCUT2D eigenvalue weighted by Crippen LogP contribution is 2.69. The van der Waals surface area contributed by atoms with Crippen LogP contribution in [0.5, 0.6) is 5.75 Å². The molecule has 0 saturated carbocycles. The summed E-state index contributed by atoms with van der Waals surface area (Å²) in [6.07, 6.45) is -1.73. The van der Waals surface area contributed by atoms with Gasteiger partial charge < -0.3 is 35.5 Å². The molecule has 1 unspecified atom stereocenters. The summed E-state index contributed by atoms with van der Waals surface area (Å²) < 4.78 is 22.4. The molecule has 130 valence electrons. The lowest BCUT2D eigenvalue weighted by Gasteiger charge is -2.29. The Kier molecular flexibility index (Phi) is 5.90. The van der Waals surface area contributed by atoms with Crippen molar-refractivity contribution in [3.63, 3.8) is 0 Å². The SMILES string of the molecule is NC(CCC(O)(P(=O)(O)O)P(=O)(O)O)C(=O)c1ccccc1O. The van der Waals surface area contributed by atoms with Gasteiger partial charge in [-0.05, 0) is 18.6 Å². The summed E-state index contributed by atoms with van der Waals surface area (Å²) in [5, 5.41) is 15.6. The lowest BCUT2D eigenvalue weighted by atomic mass is 10.0. The number of carbonyl (C=O) groups is 1. The second-order valence-electron chi connectivity index (χ2n) is 4.89. The number of hydrogen-bond donors (Lipinski definition) is 7. The van der Waals surface area contributed by atoms with Gasteiger partial charge in [0, 0.05) is 6.42 Å². The van der Waals surface area contributed by atoms with Gasteiger partial charge in [0.1, 0.15) is 5.75 Å². The molecule has 12 heteroatoms. The third-order valence-corrected chi connectivity index (χ3v) is 7.11. The van der Waals surface area contributed by atoms with E-state index in [2.05, 4.69) is 0 Å². The molecule has 1 rings (SSSR count). The topological polar surface area (TPSA) is 199 Å². The normalized spacial score (nSPS) is 14.5. The van der Waals surface area contributed by atoms with Gasteiger partial charge in [0.05, 0.1) is 11.6 Å². The number of rotatable bonds is 7. The van der Waals surface area contributed by atoms with Crippen molar-refractivity contribution < 1.29 is 43.7 Å². The molecular formula is C11H17NO9P2. The van der Waals surface area contributed by atoms with Crippen LogP contribution in [0.25, 0.3) is 0 Å². The molecule has 8 N–H and O–H groups in total. The summed E-state index contributed by atoms with van der Waals surface area (Å²) in [6, 6.07) is 3.95. The molecule has 23 heavy (non-hydrogen) atoms. The summed E-state index contributed by atoms with van der Waals surface area (Å²) in [6.45, 7) is 0. The van der Waals surface area contributed by atoms with Crippen LogP contribution in [0.3, 0.4) is 0 Å². The zero-order valence-corrected chi connectivity index (χ0v) is 13.5. The van der Waals surface area contributed by atoms with Crippen LogP contribution in [-0.2, 0) is 9.13 Å². The molecule has 1 aromatic rings. The Morgan fingerprint density at radius 2 is 1.61 bits per heavy atom. The van der Waals surface area contributed by atoms with Gasteiger partial charge in [-0.15, -0.1) is 0 Å². The molecule has 0 heterocycles. The van der Waals surface area contributed by atoms with E-state index in [-0.39, 0.29) is 11.3 Å². The molecule has 0 aliphatic carbocycles. The van der Waals surface area contributed by atoms with Crippen molar-refractivity contribution in [2.75, 3.05) is 0 Å². The highest BCUT2D eigenvalue weighted by atomic mass is 31.2. The summed E-state index contributed by atoms with van der Waals surface area (Å²) >= 11 is 0. The summed E-state index contributed by atoms with van der Waals surface area (Å²) in [5.74, 6) is -1.17. The average molecular weight is 369 g/mol. The van der Waals surface area contributed by atoms with Crippen molar-refractivity contribution in [3.8, 4) is 5.75 Å². The van der Waals surface area contributed by atoms with E-state index in [9.17, 15) is 24.1 Å². The van der Waals surface area contributed by atoms with Crippen LogP contribution >= 0.6 is 15.2 Å². The van der Waals surface area contributed by atoms with Gasteiger partial charge in [-0.2, -0.15) is 0 Å². The van der Waals surface area contributed by atoms with Crippen molar-refractivity contribution in [3.05, 3.63) is 29.8 Å². The fourth-order valence-corrected chi connectivity index (χ4v) is 4.02. The predicted molar refractivity (Wildman–Crippen MR) is 78.7 cm³/mol. The van der Waals surface area contributed by atoms with Crippen molar-refractivity contribution in [1.82, 2.24) is 0 Å². The minimum atomic E-state index is -5.60. The van der Waals surface area contributed by atoms with Crippen LogP contribution < -0.4 is 5.73 Å². The number of hydrogen-bond acceptors (Lipinski definition) is 6. The molecule has 0 bridgehead atoms. The van der Waals surface area contributed by atoms with Crippen LogP contribution in [0.1, 0.15) is 23.2 Å². The van der Waals surface area contributed by atoms with Gasteiger partial charge in [-0.25, -0.2) is 0 Å². The maximum Gasteiger partial charge on any atom is 0.369 e. The van der Waals surface area contributed by atoms with Crippen LogP contribution in [0, 0.1) is 0 Å². The highest BCUT2D eigenvalue weighted by molar-refractivity contribution is 7.72. The molecule has 0 fully saturated rings. The lowest BCUT2D eigenvalue weighted by Crippen LogP contribution is -2.35. The Hall–Kier alpha value is -1.09. The third kappa shape index (κ3) is 4.26. The zero-order valence-electron chi connectivity index (χ0n) is 11.7. The average Bonchev–Trinajstić information content (AvgIpc) is 2.41. The van der Waals surface area contributed by atoms with E-state index in [0.29, 0.717) is 0 Å². The van der Waals surface area contributed by atoms with Gasteiger partial charge in [0.15, 0.2) is 5.78 Å². The minimum Gasteiger partial charge on any atom is -0.507 e. The molecule has 1 aromatic carbocycles. The van der Waals surface area contributed by atoms with Crippen LogP contribution in [0.2, 0.25) is 0 Å². The van der Waals surface area contributed by atoms with Crippen LogP contribution in [0.15, 0.2) is 24.3 Å².